The first-order valence-corrected chi connectivity index (χ1v) is 43.4. The monoisotopic (exact) mass is 2180 g/mol. The van der Waals surface area contributed by atoms with Crippen molar-refractivity contribution in [1.29, 1.82) is 0 Å². The minimum Gasteiger partial charge on any atom is -0.475 e. The Hall–Kier alpha value is -13.0. The highest BCUT2D eigenvalue weighted by atomic mass is 79.9. The predicted octanol–water partition coefficient (Wildman–Crippen LogP) is 10.2. The molecule has 4 saturated heterocycles. The number of nitrogens with zero attached hydrogens (tertiary/aromatic N) is 18. The number of pyridine rings is 6. The number of hydrogen-bond acceptors (Lipinski definition) is 23. The molecule has 17 rings (SSSR count). The highest BCUT2D eigenvalue weighted by Gasteiger charge is 2.37. The Morgan fingerprint density at radius 3 is 1.00 bits per heavy atom. The maximum atomic E-state index is 14.5. The van der Waals surface area contributed by atoms with Crippen molar-refractivity contribution in [2.45, 2.75) is 26.4 Å². The highest BCUT2D eigenvalue weighted by molar-refractivity contribution is 9.11. The third-order valence-corrected chi connectivity index (χ3v) is 23.5. The zero-order valence-corrected chi connectivity index (χ0v) is 79.5. The molecular formula is C81H77Br5ClF6N25O15. The number of aliphatic carboxylic acids is 1. The van der Waals surface area contributed by atoms with E-state index < -0.39 is 99.3 Å². The number of nitrogens with one attached hydrogen (secondary N) is 7. The second kappa shape index (κ2) is 43.1. The summed E-state index contributed by atoms with van der Waals surface area (Å²) in [5, 5.41) is 16.2. The van der Waals surface area contributed by atoms with E-state index in [4.69, 9.17) is 9.84 Å². The summed E-state index contributed by atoms with van der Waals surface area (Å²) >= 11 is 15.8. The van der Waals surface area contributed by atoms with Gasteiger partial charge in [0.05, 0.1) is 125 Å². The van der Waals surface area contributed by atoms with Crippen LogP contribution < -0.4 is 5.32 Å². The average Bonchev–Trinajstić information content (AvgIpc) is 1.65. The van der Waals surface area contributed by atoms with Crippen molar-refractivity contribution in [1.82, 2.24) is 124 Å². The SMILES string of the molecule is CC(C)(C)OC(=O)N1CCN(C(=O)C(=O)c2c[nH]c3c(Br)ncc(F)c23)CC1.CN(C)C(=O)N1CCN(C(=O)C(=O)c2c[nH]c3c(-n4cncn4)ncc(F)c23)CC1.CN(C)C(=O)N1CCN(C(=O)C(=O)c2c[nH]c3c(Br)ncc(F)c23)CC1.Cl.Fc1cnc(Br)c2[nH]ccc12.O=C(C(=O)N1CCNCC1)c1c[nH]c2c(Br)ncc(F)c12.O=C(O)C(=O)c1c[nH]c2c(Br)ncc(F)c12. The van der Waals surface area contributed by atoms with Crippen molar-refractivity contribution in [2.24, 2.45) is 0 Å². The second-order valence-corrected chi connectivity index (χ2v) is 34.2. The van der Waals surface area contributed by atoms with E-state index in [1.165, 1.54) is 82.6 Å². The molecule has 0 bridgehead atoms. The minimum absolute atomic E-state index is 0. The number of urea groups is 2. The lowest BCUT2D eigenvalue weighted by molar-refractivity contribution is -0.132. The van der Waals surface area contributed by atoms with Gasteiger partial charge in [-0.25, -0.2) is 85.1 Å². The number of amides is 9. The summed E-state index contributed by atoms with van der Waals surface area (Å²) < 4.78 is 91.8. The first-order valence-electron chi connectivity index (χ1n) is 39.4. The van der Waals surface area contributed by atoms with Gasteiger partial charge >= 0.3 is 24.1 Å². The fourth-order valence-electron chi connectivity index (χ4n) is 14.0. The van der Waals surface area contributed by atoms with E-state index in [-0.39, 0.29) is 154 Å². The molecule has 133 heavy (non-hydrogen) atoms. The van der Waals surface area contributed by atoms with Gasteiger partial charge in [-0.1, -0.05) is 0 Å². The second-order valence-electron chi connectivity index (χ2n) is 30.4. The zero-order valence-electron chi connectivity index (χ0n) is 70.8. The number of carboxylic acids is 1. The van der Waals surface area contributed by atoms with Crippen molar-refractivity contribution in [3.8, 4) is 5.82 Å². The molecule has 4 aliphatic heterocycles. The number of carbonyl (C=O) groups excluding carboxylic acids is 12. The van der Waals surface area contributed by atoms with Crippen LogP contribution in [0.5, 0.6) is 0 Å². The Labute approximate surface area is 795 Å². The first kappa shape index (κ1) is 101. The quantitative estimate of drug-likeness (QED) is 0.0258. The number of ketones is 5. The maximum absolute atomic E-state index is 14.5. The Morgan fingerprint density at radius 2 is 0.684 bits per heavy atom. The predicted molar refractivity (Wildman–Crippen MR) is 485 cm³/mol. The van der Waals surface area contributed by atoms with Crippen molar-refractivity contribution < 1.29 is 98.5 Å². The number of hydrogen-bond donors (Lipinski definition) is 8. The number of fused-ring (bicyclic) bond motifs is 6. The van der Waals surface area contributed by atoms with Gasteiger partial charge in [0.1, 0.15) is 41.3 Å². The topological polar surface area (TPSA) is 495 Å². The molecule has 17 heterocycles. The molecular weight excluding hydrogens is 2110 g/mol. The summed E-state index contributed by atoms with van der Waals surface area (Å²) in [5.74, 6) is -12.3. The van der Waals surface area contributed by atoms with Crippen molar-refractivity contribution in [2.75, 3.05) is 133 Å². The van der Waals surface area contributed by atoms with Crippen LogP contribution in [0.3, 0.4) is 0 Å². The fraction of sp³-hybridized carbons (Fsp3) is 0.296. The van der Waals surface area contributed by atoms with Gasteiger partial charge in [-0.2, -0.15) is 5.10 Å². The molecule has 40 nitrogen and oxygen atoms in total. The van der Waals surface area contributed by atoms with Crippen LogP contribution in [-0.4, -0.2) is 339 Å². The van der Waals surface area contributed by atoms with E-state index in [2.05, 4.69) is 155 Å². The van der Waals surface area contributed by atoms with E-state index in [1.807, 2.05) is 0 Å². The molecule has 13 aromatic heterocycles. The summed E-state index contributed by atoms with van der Waals surface area (Å²) in [4.78, 5) is 215. The number of aromatic amines is 6. The number of piperazine rings is 4. The number of aromatic nitrogens is 15. The molecule has 0 unspecified atom stereocenters. The number of halogens is 12. The Balaban J connectivity index is 0.000000157. The van der Waals surface area contributed by atoms with Crippen molar-refractivity contribution in [3.63, 3.8) is 0 Å². The number of carboxylic acid groups (broad SMARTS) is 1. The average molecular weight is 2190 g/mol. The van der Waals surface area contributed by atoms with E-state index >= 15 is 0 Å². The van der Waals surface area contributed by atoms with Crippen LogP contribution >= 0.6 is 92.1 Å². The highest BCUT2D eigenvalue weighted by Crippen LogP contribution is 2.34. The minimum atomic E-state index is -1.63. The summed E-state index contributed by atoms with van der Waals surface area (Å²) in [5.41, 5.74) is 1.24. The van der Waals surface area contributed by atoms with E-state index in [1.54, 1.807) is 71.0 Å². The van der Waals surface area contributed by atoms with Gasteiger partial charge in [0.25, 0.3) is 52.5 Å². The van der Waals surface area contributed by atoms with Crippen LogP contribution in [-0.2, 0) is 28.7 Å². The Morgan fingerprint density at radius 1 is 0.391 bits per heavy atom. The fourth-order valence-corrected chi connectivity index (χ4v) is 16.1. The molecule has 13 aromatic rings. The summed E-state index contributed by atoms with van der Waals surface area (Å²) in [6.45, 7) is 10.7. The first-order chi connectivity index (χ1) is 62.7. The van der Waals surface area contributed by atoms with Gasteiger partial charge in [0.2, 0.25) is 0 Å². The molecule has 8 N–H and O–H groups in total. The van der Waals surface area contributed by atoms with Crippen LogP contribution in [0, 0.1) is 34.9 Å². The molecule has 700 valence electrons. The molecule has 0 atom stereocenters. The molecule has 0 saturated carbocycles. The smallest absolute Gasteiger partial charge is 0.410 e. The summed E-state index contributed by atoms with van der Waals surface area (Å²) in [6.07, 6.45) is 16.4. The molecule has 52 heteroatoms. The van der Waals surface area contributed by atoms with Gasteiger partial charge < -0.3 is 89.2 Å². The molecule has 0 spiro atoms. The van der Waals surface area contributed by atoms with Gasteiger partial charge in [0, 0.05) is 175 Å². The van der Waals surface area contributed by atoms with Crippen LogP contribution in [0.1, 0.15) is 72.6 Å². The lowest BCUT2D eigenvalue weighted by atomic mass is 10.1. The van der Waals surface area contributed by atoms with Gasteiger partial charge in [0.15, 0.2) is 40.7 Å². The third kappa shape index (κ3) is 22.4. The van der Waals surface area contributed by atoms with Crippen LogP contribution in [0.2, 0.25) is 0 Å². The normalized spacial score (nSPS) is 13.8. The van der Waals surface area contributed by atoms with Gasteiger partial charge in [-0.15, -0.1) is 12.4 Å². The Bertz CT molecular complexity index is 6660. The van der Waals surface area contributed by atoms with Crippen LogP contribution in [0.4, 0.5) is 40.7 Å². The number of Topliss-reactive ketones (excluding diaryl/α,β-unsaturated/α-hetero) is 5. The van der Waals surface area contributed by atoms with Gasteiger partial charge in [-0.3, -0.25) is 43.2 Å². The Kier molecular flexibility index (Phi) is 32.6. The van der Waals surface area contributed by atoms with E-state index in [9.17, 15) is 88.7 Å². The maximum Gasteiger partial charge on any atom is 0.410 e. The lowest BCUT2D eigenvalue weighted by Crippen LogP contribution is -2.54. The molecule has 4 fully saturated rings. The number of H-pyrrole nitrogens is 6. The standard InChI is InChI=1S/C18H20BrFN4O4.C18H19FN8O3.C16H17BrFN5O3.C13H12BrFN4O2.C9H4BrFN2O3.C7H4BrFN2.ClH/c1-18(2,3)28-17(27)24-6-4-23(5-7-24)16(26)14(25)10-8-21-13-12(10)11(20)9-22-15(13)19;1-24(2)18(30)26-5-3-25(4-6-26)17(29)15(28)11-7-21-14-13(11)12(19)8-22-16(14)27-10-20-9-23-27;1-21(2)16(26)23-5-3-22(4-6-23)15(25)13(24)9-7-19-12-11(9)10(18)8-20-14(12)17;14-12-10-9(8(15)6-18-12)7(5-17-10)11(20)13(21)19-3-1-16-2-4-19;10-8-6-5(4(11)2-13-8)3(1-12-6)7(14)9(15)16;8-7-6-4(1-2-10-6)5(9)3-11-7;/h8-9,21H,4-7H2,1-3H3;7-10,21H,3-6H2,1-2H3;7-8,19H,3-6H2,1-2H3;5-6,16-17H,1-4H2;1-2,12H,(H,15,16);1-3,10H;1H. The number of carbonyl (C=O) groups is 13. The lowest BCUT2D eigenvalue weighted by Gasteiger charge is -2.35. The molecule has 9 amide bonds. The molecule has 0 radical (unpaired) electrons. The molecule has 0 aromatic carbocycles. The number of ether oxygens (including phenoxy) is 1. The van der Waals surface area contributed by atoms with Crippen LogP contribution in [0.25, 0.3) is 71.2 Å². The number of rotatable bonds is 11. The summed E-state index contributed by atoms with van der Waals surface area (Å²) in [6, 6.07) is 1.39. The molecule has 4 aliphatic rings. The molecule has 0 aliphatic carbocycles. The largest absolute Gasteiger partial charge is 0.475 e. The van der Waals surface area contributed by atoms with Crippen molar-refractivity contribution >= 4 is 234 Å². The third-order valence-electron chi connectivity index (χ3n) is 20.5. The van der Waals surface area contributed by atoms with E-state index in [0.29, 0.717) is 103 Å². The van der Waals surface area contributed by atoms with Crippen LogP contribution in [0.15, 0.2) is 116 Å². The van der Waals surface area contributed by atoms with Crippen molar-refractivity contribution in [3.05, 3.63) is 179 Å². The summed E-state index contributed by atoms with van der Waals surface area (Å²) in [7, 11) is 6.61. The zero-order chi connectivity index (χ0) is 95.8. The van der Waals surface area contributed by atoms with E-state index in [0.717, 1.165) is 37.2 Å². The van der Waals surface area contributed by atoms with Gasteiger partial charge in [-0.05, 0) is 106 Å².